The first-order valence-electron chi connectivity index (χ1n) is 9.03. The number of amides is 1. The highest BCUT2D eigenvalue weighted by Crippen LogP contribution is 2.30. The molecule has 0 radical (unpaired) electrons. The first-order chi connectivity index (χ1) is 11.1. The van der Waals surface area contributed by atoms with E-state index in [9.17, 15) is 4.79 Å². The molecule has 0 saturated carbocycles. The van der Waals surface area contributed by atoms with Crippen molar-refractivity contribution in [3.05, 3.63) is 29.3 Å². The Morgan fingerprint density at radius 1 is 1.33 bits per heavy atom. The summed E-state index contributed by atoms with van der Waals surface area (Å²) in [4.78, 5) is 15.1. The molecule has 2 unspecified atom stereocenters. The molecule has 2 atom stereocenters. The number of nitrogens with two attached hydrogens (primary N) is 1. The summed E-state index contributed by atoms with van der Waals surface area (Å²) >= 11 is 0. The molecule has 1 amide bonds. The molecule has 134 valence electrons. The van der Waals surface area contributed by atoms with Crippen molar-refractivity contribution in [2.75, 3.05) is 18.4 Å². The third-order valence-corrected chi connectivity index (χ3v) is 5.44. The Labute approximate surface area is 146 Å². The van der Waals surface area contributed by atoms with Gasteiger partial charge in [0.25, 0.3) is 0 Å². The summed E-state index contributed by atoms with van der Waals surface area (Å²) in [6.45, 7) is 14.5. The van der Waals surface area contributed by atoms with Crippen LogP contribution < -0.4 is 11.1 Å². The number of rotatable bonds is 4. The van der Waals surface area contributed by atoms with Gasteiger partial charge in [0.05, 0.1) is 6.04 Å². The molecule has 0 bridgehead atoms. The molecule has 4 heteroatoms. The average molecular weight is 332 g/mol. The summed E-state index contributed by atoms with van der Waals surface area (Å²) < 4.78 is 0. The van der Waals surface area contributed by atoms with Crippen LogP contribution in [0.1, 0.15) is 58.1 Å². The zero-order valence-corrected chi connectivity index (χ0v) is 16.0. The van der Waals surface area contributed by atoms with Crippen molar-refractivity contribution < 1.29 is 4.79 Å². The Bertz CT molecular complexity index is 595. The highest BCUT2D eigenvalue weighted by molar-refractivity contribution is 5.96. The topological polar surface area (TPSA) is 58.4 Å². The van der Waals surface area contributed by atoms with Gasteiger partial charge in [0, 0.05) is 24.8 Å². The molecule has 4 nitrogen and oxygen atoms in total. The molecule has 0 spiro atoms. The summed E-state index contributed by atoms with van der Waals surface area (Å²) in [5, 5.41) is 3.18. The van der Waals surface area contributed by atoms with Gasteiger partial charge in [0.2, 0.25) is 5.91 Å². The van der Waals surface area contributed by atoms with E-state index in [-0.39, 0.29) is 23.4 Å². The SMILES string of the molecule is Cc1cccc(C(C)C)c1NC(=O)C(C)N1CCC(N)C(C)(C)C1. The molecule has 1 saturated heterocycles. The van der Waals surface area contributed by atoms with Gasteiger partial charge in [-0.3, -0.25) is 9.69 Å². The van der Waals surface area contributed by atoms with Crippen molar-refractivity contribution >= 4 is 11.6 Å². The van der Waals surface area contributed by atoms with Crippen LogP contribution in [0.5, 0.6) is 0 Å². The van der Waals surface area contributed by atoms with Crippen molar-refractivity contribution in [2.24, 2.45) is 11.1 Å². The van der Waals surface area contributed by atoms with Crippen LogP contribution in [0, 0.1) is 12.3 Å². The van der Waals surface area contributed by atoms with Crippen LogP contribution in [-0.2, 0) is 4.79 Å². The maximum Gasteiger partial charge on any atom is 0.241 e. The Hall–Kier alpha value is -1.39. The highest BCUT2D eigenvalue weighted by atomic mass is 16.2. The van der Waals surface area contributed by atoms with E-state index in [2.05, 4.69) is 63.0 Å². The molecule has 0 aliphatic carbocycles. The number of benzene rings is 1. The molecular weight excluding hydrogens is 298 g/mol. The Morgan fingerprint density at radius 2 is 2.00 bits per heavy atom. The summed E-state index contributed by atoms with van der Waals surface area (Å²) in [5.41, 5.74) is 9.54. The van der Waals surface area contributed by atoms with Gasteiger partial charge in [0.1, 0.15) is 0 Å². The van der Waals surface area contributed by atoms with E-state index in [1.807, 2.05) is 6.92 Å². The van der Waals surface area contributed by atoms with Crippen LogP contribution in [0.4, 0.5) is 5.69 Å². The zero-order chi connectivity index (χ0) is 18.1. The van der Waals surface area contributed by atoms with E-state index >= 15 is 0 Å². The second-order valence-corrected chi connectivity index (χ2v) is 8.21. The van der Waals surface area contributed by atoms with Crippen LogP contribution in [-0.4, -0.2) is 36.0 Å². The van der Waals surface area contributed by atoms with E-state index in [0.717, 1.165) is 30.8 Å². The molecule has 0 aromatic heterocycles. The van der Waals surface area contributed by atoms with Gasteiger partial charge in [0.15, 0.2) is 0 Å². The lowest BCUT2D eigenvalue weighted by atomic mass is 9.79. The lowest BCUT2D eigenvalue weighted by Crippen LogP contribution is -2.56. The van der Waals surface area contributed by atoms with Gasteiger partial charge in [-0.25, -0.2) is 0 Å². The van der Waals surface area contributed by atoms with Crippen LogP contribution >= 0.6 is 0 Å². The minimum absolute atomic E-state index is 0.0402. The van der Waals surface area contributed by atoms with Crippen LogP contribution in [0.15, 0.2) is 18.2 Å². The van der Waals surface area contributed by atoms with Crippen LogP contribution in [0.3, 0.4) is 0 Å². The lowest BCUT2D eigenvalue weighted by Gasteiger charge is -2.44. The Morgan fingerprint density at radius 3 is 2.58 bits per heavy atom. The number of nitrogens with zero attached hydrogens (tertiary/aromatic N) is 1. The number of nitrogens with one attached hydrogen (secondary N) is 1. The molecular formula is C20H33N3O. The van der Waals surface area contributed by atoms with E-state index in [1.165, 1.54) is 5.56 Å². The number of piperidine rings is 1. The van der Waals surface area contributed by atoms with Crippen molar-refractivity contribution in [3.8, 4) is 0 Å². The molecule has 1 heterocycles. The van der Waals surface area contributed by atoms with Gasteiger partial charge >= 0.3 is 0 Å². The first-order valence-corrected chi connectivity index (χ1v) is 9.03. The monoisotopic (exact) mass is 331 g/mol. The molecule has 1 aliphatic rings. The predicted molar refractivity (Wildman–Crippen MR) is 101 cm³/mol. The third kappa shape index (κ3) is 3.98. The Kier molecular flexibility index (Phi) is 5.71. The fourth-order valence-corrected chi connectivity index (χ4v) is 3.48. The highest BCUT2D eigenvalue weighted by Gasteiger charge is 2.36. The minimum atomic E-state index is -0.156. The molecule has 1 aromatic carbocycles. The van der Waals surface area contributed by atoms with Crippen molar-refractivity contribution in [3.63, 3.8) is 0 Å². The largest absolute Gasteiger partial charge is 0.327 e. The maximum atomic E-state index is 12.8. The first kappa shape index (κ1) is 18.9. The molecule has 1 fully saturated rings. The molecule has 3 N–H and O–H groups in total. The van der Waals surface area contributed by atoms with E-state index in [1.54, 1.807) is 0 Å². The molecule has 24 heavy (non-hydrogen) atoms. The average Bonchev–Trinajstić information content (AvgIpc) is 2.50. The Balaban J connectivity index is 2.13. The van der Waals surface area contributed by atoms with E-state index in [0.29, 0.717) is 5.92 Å². The molecule has 2 rings (SSSR count). The van der Waals surface area contributed by atoms with Gasteiger partial charge in [-0.2, -0.15) is 0 Å². The summed E-state index contributed by atoms with van der Waals surface area (Å²) in [6, 6.07) is 6.25. The van der Waals surface area contributed by atoms with Gasteiger partial charge < -0.3 is 11.1 Å². The van der Waals surface area contributed by atoms with E-state index < -0.39 is 0 Å². The fraction of sp³-hybridized carbons (Fsp3) is 0.650. The third-order valence-electron chi connectivity index (χ3n) is 5.44. The van der Waals surface area contributed by atoms with Crippen LogP contribution in [0.2, 0.25) is 0 Å². The minimum Gasteiger partial charge on any atom is -0.327 e. The number of likely N-dealkylation sites (tertiary alicyclic amines) is 1. The second-order valence-electron chi connectivity index (χ2n) is 8.21. The number of aryl methyl sites for hydroxylation is 1. The maximum absolute atomic E-state index is 12.8. The molecule has 1 aromatic rings. The lowest BCUT2D eigenvalue weighted by molar-refractivity contribution is -0.122. The van der Waals surface area contributed by atoms with E-state index in [4.69, 9.17) is 5.73 Å². The summed E-state index contributed by atoms with van der Waals surface area (Å²) in [7, 11) is 0. The smallest absolute Gasteiger partial charge is 0.241 e. The zero-order valence-electron chi connectivity index (χ0n) is 16.0. The van der Waals surface area contributed by atoms with Crippen molar-refractivity contribution in [1.29, 1.82) is 0 Å². The summed E-state index contributed by atoms with van der Waals surface area (Å²) in [6.07, 6.45) is 0.937. The normalized spacial score (nSPS) is 22.4. The van der Waals surface area contributed by atoms with Crippen molar-refractivity contribution in [1.82, 2.24) is 4.90 Å². The standard InChI is InChI=1S/C20H33N3O/c1-13(2)16-9-7-8-14(3)18(16)22-19(24)15(4)23-11-10-17(21)20(5,6)12-23/h7-9,13,15,17H,10-12,21H2,1-6H3,(H,22,24). The number of carbonyl (C=O) groups excluding carboxylic acids is 1. The number of hydrogen-bond donors (Lipinski definition) is 2. The number of carbonyl (C=O) groups is 1. The second kappa shape index (κ2) is 7.24. The van der Waals surface area contributed by atoms with Crippen LogP contribution in [0.25, 0.3) is 0 Å². The van der Waals surface area contributed by atoms with Gasteiger partial charge in [-0.1, -0.05) is 45.9 Å². The number of hydrogen-bond acceptors (Lipinski definition) is 3. The predicted octanol–water partition coefficient (Wildman–Crippen LogP) is 3.50. The number of anilines is 1. The van der Waals surface area contributed by atoms with Crippen molar-refractivity contribution in [2.45, 2.75) is 66.0 Å². The summed E-state index contributed by atoms with van der Waals surface area (Å²) in [5.74, 6) is 0.444. The fourth-order valence-electron chi connectivity index (χ4n) is 3.48. The quantitative estimate of drug-likeness (QED) is 0.888. The molecule has 1 aliphatic heterocycles. The van der Waals surface area contributed by atoms with Gasteiger partial charge in [-0.15, -0.1) is 0 Å². The number of para-hydroxylation sites is 1. The van der Waals surface area contributed by atoms with Gasteiger partial charge in [-0.05, 0) is 42.7 Å².